The molecule has 4 heterocycles. The lowest BCUT2D eigenvalue weighted by molar-refractivity contribution is -0.133. The van der Waals surface area contributed by atoms with E-state index in [9.17, 15) is 27.9 Å². The second kappa shape index (κ2) is 18.3. The monoisotopic (exact) mass is 897 g/mol. The molecule has 344 valence electrons. The summed E-state index contributed by atoms with van der Waals surface area (Å²) in [6.45, 7) is 11.0. The Morgan fingerprint density at radius 3 is 2.44 bits per heavy atom. The number of nitrogens with zero attached hydrogens (tertiary/aromatic N) is 5. The van der Waals surface area contributed by atoms with E-state index in [0.717, 1.165) is 107 Å². The van der Waals surface area contributed by atoms with Crippen molar-refractivity contribution in [1.82, 2.24) is 24.9 Å². The van der Waals surface area contributed by atoms with E-state index in [0.29, 0.717) is 54.8 Å². The quantitative estimate of drug-likeness (QED) is 0.139. The van der Waals surface area contributed by atoms with Crippen molar-refractivity contribution in [3.8, 4) is 0 Å². The van der Waals surface area contributed by atoms with E-state index in [-0.39, 0.29) is 34.8 Å². The van der Waals surface area contributed by atoms with Crippen molar-refractivity contribution in [3.63, 3.8) is 0 Å². The zero-order valence-electron chi connectivity index (χ0n) is 37.3. The van der Waals surface area contributed by atoms with Crippen LogP contribution in [0.2, 0.25) is 0 Å². The number of imide groups is 1. The zero-order chi connectivity index (χ0) is 44.8. The summed E-state index contributed by atoms with van der Waals surface area (Å²) >= 11 is 0. The van der Waals surface area contributed by atoms with Gasteiger partial charge < -0.3 is 25.4 Å². The highest BCUT2D eigenvalue weighted by Crippen LogP contribution is 2.57. The van der Waals surface area contributed by atoms with Crippen LogP contribution in [-0.2, 0) is 34.6 Å². The number of hydrogen-bond acceptors (Lipinski definition) is 13. The lowest BCUT2D eigenvalue weighted by Gasteiger charge is -2.39. The van der Waals surface area contributed by atoms with Gasteiger partial charge >= 0.3 is 0 Å². The Bertz CT molecular complexity index is 2360. The second-order valence-corrected chi connectivity index (χ2v) is 20.9. The SMILES string of the molecule is Cc1cc(S(=O)(=O)N[C@H](C)COC2CCC(CN3CCN(c4ccc(NC5CCC(=O)NC5=O)cc4C)CC3)CC2)ccc1Nc1ncc2c(n1)N([C@@H]1CCC[C@@H](O)C1)C(=O)C21CC1. The molecule has 3 saturated carbocycles. The molecular formula is C47H63N9O7S. The number of piperazine rings is 1. The molecule has 0 bridgehead atoms. The van der Waals surface area contributed by atoms with E-state index in [2.05, 4.69) is 54.5 Å². The Labute approximate surface area is 376 Å². The van der Waals surface area contributed by atoms with Gasteiger partial charge in [-0.05, 0) is 145 Å². The lowest BCUT2D eigenvalue weighted by atomic mass is 9.87. The number of benzene rings is 2. The van der Waals surface area contributed by atoms with Gasteiger partial charge in [-0.25, -0.2) is 18.1 Å². The molecule has 2 saturated heterocycles. The maximum absolute atomic E-state index is 13.6. The average molecular weight is 898 g/mol. The van der Waals surface area contributed by atoms with Crippen LogP contribution in [-0.4, -0.2) is 116 Å². The van der Waals surface area contributed by atoms with Crippen molar-refractivity contribution in [2.45, 2.75) is 138 Å². The molecule has 5 fully saturated rings. The number of carbonyl (C=O) groups excluding carboxylic acids is 3. The highest BCUT2D eigenvalue weighted by atomic mass is 32.2. The Morgan fingerprint density at radius 1 is 0.953 bits per heavy atom. The molecule has 3 aliphatic heterocycles. The first-order chi connectivity index (χ1) is 30.7. The van der Waals surface area contributed by atoms with E-state index < -0.39 is 33.6 Å². The van der Waals surface area contributed by atoms with Crippen LogP contribution in [0.15, 0.2) is 47.5 Å². The normalized spacial score (nSPS) is 26.4. The molecule has 1 unspecified atom stereocenters. The fourth-order valence-corrected chi connectivity index (χ4v) is 11.9. The van der Waals surface area contributed by atoms with Gasteiger partial charge in [0.15, 0.2) is 0 Å². The molecule has 3 aliphatic carbocycles. The van der Waals surface area contributed by atoms with Crippen molar-refractivity contribution in [1.29, 1.82) is 0 Å². The van der Waals surface area contributed by atoms with Gasteiger partial charge in [0.1, 0.15) is 11.9 Å². The van der Waals surface area contributed by atoms with Gasteiger partial charge in [0.25, 0.3) is 0 Å². The van der Waals surface area contributed by atoms with Crippen LogP contribution in [0.3, 0.4) is 0 Å². The van der Waals surface area contributed by atoms with Crippen molar-refractivity contribution >= 4 is 56.6 Å². The number of aliphatic hydroxyl groups excluding tert-OH is 1. The molecule has 3 amide bonds. The van der Waals surface area contributed by atoms with Crippen LogP contribution in [0.25, 0.3) is 0 Å². The van der Waals surface area contributed by atoms with Crippen LogP contribution in [0.5, 0.6) is 0 Å². The number of aromatic nitrogens is 2. The smallest absolute Gasteiger partial charge is 0.249 e. The summed E-state index contributed by atoms with van der Waals surface area (Å²) in [5.41, 5.74) is 4.95. The summed E-state index contributed by atoms with van der Waals surface area (Å²) in [6.07, 6.45) is 10.9. The predicted molar refractivity (Wildman–Crippen MR) is 244 cm³/mol. The van der Waals surface area contributed by atoms with Gasteiger partial charge in [0.2, 0.25) is 33.7 Å². The first-order valence-corrected chi connectivity index (χ1v) is 24.8. The fraction of sp³-hybridized carbons (Fsp3) is 0.596. The van der Waals surface area contributed by atoms with Crippen molar-refractivity contribution in [2.24, 2.45) is 5.92 Å². The van der Waals surface area contributed by atoms with Crippen LogP contribution in [0.1, 0.15) is 101 Å². The minimum atomic E-state index is -3.82. The van der Waals surface area contributed by atoms with Crippen molar-refractivity contribution in [2.75, 3.05) is 59.8 Å². The number of nitrogens with one attached hydrogen (secondary N) is 4. The van der Waals surface area contributed by atoms with Crippen LogP contribution in [0.4, 0.5) is 28.8 Å². The molecule has 6 aliphatic rings. The van der Waals surface area contributed by atoms with E-state index >= 15 is 0 Å². The molecule has 16 nitrogen and oxygen atoms in total. The highest BCUT2D eigenvalue weighted by molar-refractivity contribution is 7.89. The number of piperidine rings is 1. The Balaban J connectivity index is 0.705. The first kappa shape index (κ1) is 44.5. The molecule has 3 aromatic rings. The van der Waals surface area contributed by atoms with Gasteiger partial charge in [0, 0.05) is 80.1 Å². The molecule has 17 heteroatoms. The summed E-state index contributed by atoms with van der Waals surface area (Å²) in [5.74, 6) is 1.15. The maximum Gasteiger partial charge on any atom is 0.249 e. The number of aryl methyl sites for hydroxylation is 2. The summed E-state index contributed by atoms with van der Waals surface area (Å²) in [5, 5.41) is 19.3. The third kappa shape index (κ3) is 9.50. The summed E-state index contributed by atoms with van der Waals surface area (Å²) in [4.78, 5) is 53.7. The van der Waals surface area contributed by atoms with Crippen molar-refractivity contribution < 1.29 is 32.6 Å². The molecule has 0 radical (unpaired) electrons. The molecule has 1 spiro atoms. The minimum Gasteiger partial charge on any atom is -0.393 e. The highest BCUT2D eigenvalue weighted by Gasteiger charge is 2.61. The molecule has 4 atom stereocenters. The Hall–Kier alpha value is -4.68. The van der Waals surface area contributed by atoms with Gasteiger partial charge in [-0.1, -0.05) is 0 Å². The standard InChI is InChI=1S/C47H63N9O7S/c1-29-24-37(12-13-39(29)50-46-48-26-38-43(52-46)56(45(60)47(38)17-18-47)34-5-4-6-35(57)25-34)64(61,62)53-31(3)28-63-36-10-7-32(8-11-36)27-54-19-21-55(22-20-54)41-15-9-33(23-30(41)2)49-40-14-16-42(58)51-44(40)59/h9,12-13,15,23-24,26,31-32,34-36,40,49,53,57H,4-8,10-11,14,16-22,25,27-28H2,1-3H3,(H,48,50,52)(H,51,58,59)/t31-,32?,34-,35-,36?,40?/m1/s1. The Morgan fingerprint density at radius 2 is 1.73 bits per heavy atom. The molecular weight excluding hydrogens is 835 g/mol. The molecule has 5 N–H and O–H groups in total. The summed E-state index contributed by atoms with van der Waals surface area (Å²) < 4.78 is 36.1. The third-order valence-corrected chi connectivity index (χ3v) is 16.0. The van der Waals surface area contributed by atoms with E-state index in [1.807, 2.05) is 24.8 Å². The van der Waals surface area contributed by atoms with Gasteiger partial charge in [-0.3, -0.25) is 29.5 Å². The van der Waals surface area contributed by atoms with Gasteiger partial charge in [-0.15, -0.1) is 0 Å². The topological polar surface area (TPSA) is 198 Å². The number of ether oxygens (including phenoxy) is 1. The molecule has 1 aromatic heterocycles. The van der Waals surface area contributed by atoms with E-state index in [4.69, 9.17) is 9.72 Å². The summed E-state index contributed by atoms with van der Waals surface area (Å²) in [7, 11) is -3.82. The molecule has 2 aromatic carbocycles. The number of aliphatic hydroxyl groups is 1. The van der Waals surface area contributed by atoms with E-state index in [1.54, 1.807) is 24.4 Å². The Kier molecular flexibility index (Phi) is 12.7. The number of amides is 3. The van der Waals surface area contributed by atoms with Gasteiger partial charge in [0.05, 0.1) is 29.1 Å². The number of rotatable bonds is 14. The average Bonchev–Trinajstić information content (AvgIpc) is 4.04. The number of fused-ring (bicyclic) bond motifs is 2. The first-order valence-electron chi connectivity index (χ1n) is 23.3. The largest absolute Gasteiger partial charge is 0.393 e. The van der Waals surface area contributed by atoms with Crippen LogP contribution >= 0.6 is 0 Å². The fourth-order valence-electron chi connectivity index (χ4n) is 10.6. The van der Waals surface area contributed by atoms with Crippen LogP contribution < -0.4 is 30.5 Å². The third-order valence-electron chi connectivity index (χ3n) is 14.4. The number of anilines is 5. The van der Waals surface area contributed by atoms with E-state index in [1.165, 1.54) is 5.69 Å². The number of sulfonamides is 1. The number of carbonyl (C=O) groups is 3. The lowest BCUT2D eigenvalue weighted by Crippen LogP contribution is -2.48. The predicted octanol–water partition coefficient (Wildman–Crippen LogP) is 4.80. The maximum atomic E-state index is 13.6. The second-order valence-electron chi connectivity index (χ2n) is 19.2. The molecule has 64 heavy (non-hydrogen) atoms. The zero-order valence-corrected chi connectivity index (χ0v) is 38.1. The van der Waals surface area contributed by atoms with Gasteiger partial charge in [-0.2, -0.15) is 4.98 Å². The summed E-state index contributed by atoms with van der Waals surface area (Å²) in [6, 6.07) is 10.3. The number of hydrogen-bond donors (Lipinski definition) is 5. The molecule has 9 rings (SSSR count). The minimum absolute atomic E-state index is 0.0665. The van der Waals surface area contributed by atoms with Crippen molar-refractivity contribution in [3.05, 3.63) is 59.3 Å². The van der Waals surface area contributed by atoms with Crippen LogP contribution in [0, 0.1) is 19.8 Å².